The fraction of sp³-hybridized carbons (Fsp3) is 0.0385. The Morgan fingerprint density at radius 3 is 2.30 bits per heavy atom. The average molecular weight is 395 g/mol. The van der Waals surface area contributed by atoms with E-state index in [-0.39, 0.29) is 5.69 Å². The van der Waals surface area contributed by atoms with Gasteiger partial charge in [0.2, 0.25) is 0 Å². The molecule has 0 fully saturated rings. The first-order valence-electron chi connectivity index (χ1n) is 9.71. The summed E-state index contributed by atoms with van der Waals surface area (Å²) in [6, 6.07) is 27.8. The Bertz CT molecular complexity index is 1400. The number of aromatic nitrogens is 1. The van der Waals surface area contributed by atoms with Gasteiger partial charge in [0.1, 0.15) is 11.5 Å². The van der Waals surface area contributed by atoms with E-state index in [4.69, 9.17) is 0 Å². The number of carbonyl (C=O) groups is 1. The van der Waals surface area contributed by atoms with Crippen LogP contribution in [0.1, 0.15) is 16.1 Å². The highest BCUT2D eigenvalue weighted by atomic mass is 19.1. The van der Waals surface area contributed by atoms with E-state index in [1.165, 1.54) is 6.07 Å². The molecule has 1 heterocycles. The SMILES string of the molecule is O=C(O)c1c(-c2ccccc2F)c2c3ccccc3ccc2n1Cc1ccccc1. The number of hydrogen-bond acceptors (Lipinski definition) is 1. The van der Waals surface area contributed by atoms with Crippen molar-refractivity contribution in [3.05, 3.63) is 108 Å². The summed E-state index contributed by atoms with van der Waals surface area (Å²) in [6.07, 6.45) is 0. The number of nitrogens with zero attached hydrogens (tertiary/aromatic N) is 1. The summed E-state index contributed by atoms with van der Waals surface area (Å²) in [5, 5.41) is 12.9. The normalized spacial score (nSPS) is 11.2. The molecule has 5 rings (SSSR count). The van der Waals surface area contributed by atoms with Crippen LogP contribution in [0.5, 0.6) is 0 Å². The number of carboxylic acids is 1. The van der Waals surface area contributed by atoms with Gasteiger partial charge in [0.15, 0.2) is 0 Å². The van der Waals surface area contributed by atoms with E-state index in [0.717, 1.165) is 27.2 Å². The zero-order valence-corrected chi connectivity index (χ0v) is 16.0. The van der Waals surface area contributed by atoms with Gasteiger partial charge in [-0.3, -0.25) is 0 Å². The molecule has 1 N–H and O–H groups in total. The van der Waals surface area contributed by atoms with Gasteiger partial charge in [0.25, 0.3) is 0 Å². The third-order valence-corrected chi connectivity index (χ3v) is 5.48. The van der Waals surface area contributed by atoms with Gasteiger partial charge in [-0.25, -0.2) is 9.18 Å². The average Bonchev–Trinajstić information content (AvgIpc) is 3.09. The van der Waals surface area contributed by atoms with Gasteiger partial charge < -0.3 is 9.67 Å². The molecule has 4 aromatic carbocycles. The molecule has 3 nitrogen and oxygen atoms in total. The molecule has 5 aromatic rings. The highest BCUT2D eigenvalue weighted by Crippen LogP contribution is 2.40. The van der Waals surface area contributed by atoms with E-state index in [1.54, 1.807) is 22.8 Å². The van der Waals surface area contributed by atoms with Crippen LogP contribution in [-0.2, 0) is 6.54 Å². The topological polar surface area (TPSA) is 42.2 Å². The van der Waals surface area contributed by atoms with Crippen LogP contribution in [-0.4, -0.2) is 15.6 Å². The molecule has 0 saturated heterocycles. The fourth-order valence-corrected chi connectivity index (χ4v) is 4.20. The standard InChI is InChI=1S/C26H18FNO2/c27-21-13-7-6-12-20(21)24-23-19-11-5-4-10-18(19)14-15-22(23)28(25(24)26(29)30)16-17-8-2-1-3-9-17/h1-15H,16H2,(H,29,30). The third-order valence-electron chi connectivity index (χ3n) is 5.48. The van der Waals surface area contributed by atoms with Crippen molar-refractivity contribution in [2.45, 2.75) is 6.54 Å². The summed E-state index contributed by atoms with van der Waals surface area (Å²) in [5.74, 6) is -1.52. The number of fused-ring (bicyclic) bond motifs is 3. The number of carboxylic acid groups (broad SMARTS) is 1. The quantitative estimate of drug-likeness (QED) is 0.385. The van der Waals surface area contributed by atoms with Crippen LogP contribution in [0.4, 0.5) is 4.39 Å². The van der Waals surface area contributed by atoms with Gasteiger partial charge in [-0.05, 0) is 28.5 Å². The molecule has 146 valence electrons. The van der Waals surface area contributed by atoms with E-state index in [1.807, 2.05) is 66.7 Å². The van der Waals surface area contributed by atoms with Gasteiger partial charge >= 0.3 is 5.97 Å². The Hall–Kier alpha value is -3.92. The molecule has 4 heteroatoms. The van der Waals surface area contributed by atoms with Crippen molar-refractivity contribution >= 4 is 27.6 Å². The van der Waals surface area contributed by atoms with Gasteiger partial charge in [-0.1, -0.05) is 78.9 Å². The van der Waals surface area contributed by atoms with Crippen LogP contribution in [0.3, 0.4) is 0 Å². The summed E-state index contributed by atoms with van der Waals surface area (Å²) in [5.41, 5.74) is 2.56. The molecule has 0 unspecified atom stereocenters. The molecular weight excluding hydrogens is 377 g/mol. The Balaban J connectivity index is 1.95. The Morgan fingerprint density at radius 2 is 1.53 bits per heavy atom. The van der Waals surface area contributed by atoms with Crippen molar-refractivity contribution in [2.24, 2.45) is 0 Å². The molecule has 0 saturated carbocycles. The maximum absolute atomic E-state index is 14.9. The predicted molar refractivity (Wildman–Crippen MR) is 117 cm³/mol. The lowest BCUT2D eigenvalue weighted by molar-refractivity contribution is 0.0687. The smallest absolute Gasteiger partial charge is 0.353 e. The molecule has 1 aromatic heterocycles. The first-order chi connectivity index (χ1) is 14.6. The molecule has 30 heavy (non-hydrogen) atoms. The minimum absolute atomic E-state index is 0.0929. The van der Waals surface area contributed by atoms with Crippen LogP contribution in [0.2, 0.25) is 0 Å². The molecule has 0 amide bonds. The van der Waals surface area contributed by atoms with Crippen molar-refractivity contribution in [3.63, 3.8) is 0 Å². The molecule has 0 aliphatic heterocycles. The zero-order chi connectivity index (χ0) is 20.7. The van der Waals surface area contributed by atoms with Crippen molar-refractivity contribution < 1.29 is 14.3 Å². The van der Waals surface area contributed by atoms with Crippen molar-refractivity contribution in [1.82, 2.24) is 4.57 Å². The minimum Gasteiger partial charge on any atom is -0.477 e. The number of hydrogen-bond donors (Lipinski definition) is 1. The largest absolute Gasteiger partial charge is 0.477 e. The summed E-state index contributed by atoms with van der Waals surface area (Å²) < 4.78 is 16.7. The highest BCUT2D eigenvalue weighted by Gasteiger charge is 2.26. The first kappa shape index (κ1) is 18.1. The molecule has 0 bridgehead atoms. The second-order valence-electron chi connectivity index (χ2n) is 7.26. The summed E-state index contributed by atoms with van der Waals surface area (Å²) in [4.78, 5) is 12.5. The van der Waals surface area contributed by atoms with Crippen molar-refractivity contribution in [3.8, 4) is 11.1 Å². The summed E-state index contributed by atoms with van der Waals surface area (Å²) >= 11 is 0. The maximum atomic E-state index is 14.9. The van der Waals surface area contributed by atoms with Crippen molar-refractivity contribution in [2.75, 3.05) is 0 Å². The van der Waals surface area contributed by atoms with Gasteiger partial charge in [0.05, 0.1) is 5.52 Å². The lowest BCUT2D eigenvalue weighted by Gasteiger charge is -2.10. The van der Waals surface area contributed by atoms with E-state index < -0.39 is 11.8 Å². The molecule has 0 atom stereocenters. The number of benzene rings is 4. The highest BCUT2D eigenvalue weighted by molar-refractivity contribution is 6.18. The number of halogens is 1. The fourth-order valence-electron chi connectivity index (χ4n) is 4.20. The van der Waals surface area contributed by atoms with Crippen LogP contribution in [0, 0.1) is 5.82 Å². The van der Waals surface area contributed by atoms with Crippen LogP contribution < -0.4 is 0 Å². The van der Waals surface area contributed by atoms with Crippen molar-refractivity contribution in [1.29, 1.82) is 0 Å². The first-order valence-corrected chi connectivity index (χ1v) is 9.71. The third kappa shape index (κ3) is 2.85. The Morgan fingerprint density at radius 1 is 0.833 bits per heavy atom. The lowest BCUT2D eigenvalue weighted by Crippen LogP contribution is -2.10. The minimum atomic E-state index is -1.08. The van der Waals surface area contributed by atoms with E-state index in [0.29, 0.717) is 17.7 Å². The van der Waals surface area contributed by atoms with Gasteiger partial charge in [-0.2, -0.15) is 0 Å². The molecule has 0 aliphatic rings. The Kier molecular flexibility index (Phi) is 4.32. The lowest BCUT2D eigenvalue weighted by atomic mass is 9.97. The summed E-state index contributed by atoms with van der Waals surface area (Å²) in [6.45, 7) is 0.381. The summed E-state index contributed by atoms with van der Waals surface area (Å²) in [7, 11) is 0. The molecule has 0 radical (unpaired) electrons. The zero-order valence-electron chi connectivity index (χ0n) is 16.0. The molecule has 0 spiro atoms. The van der Waals surface area contributed by atoms with Gasteiger partial charge in [0, 0.05) is 23.1 Å². The van der Waals surface area contributed by atoms with E-state index >= 15 is 0 Å². The second-order valence-corrected chi connectivity index (χ2v) is 7.26. The molecular formula is C26H18FNO2. The van der Waals surface area contributed by atoms with E-state index in [9.17, 15) is 14.3 Å². The second kappa shape index (κ2) is 7.16. The Labute approximate surface area is 172 Å². The van der Waals surface area contributed by atoms with Crippen LogP contribution in [0.25, 0.3) is 32.8 Å². The maximum Gasteiger partial charge on any atom is 0.353 e. The van der Waals surface area contributed by atoms with E-state index in [2.05, 4.69) is 0 Å². The number of rotatable bonds is 4. The molecule has 0 aliphatic carbocycles. The predicted octanol–water partition coefficient (Wildman–Crippen LogP) is 6.35. The van der Waals surface area contributed by atoms with Crippen LogP contribution >= 0.6 is 0 Å². The van der Waals surface area contributed by atoms with Gasteiger partial charge in [-0.15, -0.1) is 0 Å². The van der Waals surface area contributed by atoms with Crippen LogP contribution in [0.15, 0.2) is 91.0 Å². The number of aromatic carboxylic acids is 1. The monoisotopic (exact) mass is 395 g/mol.